The van der Waals surface area contributed by atoms with Crippen LogP contribution < -0.4 is 0 Å². The Bertz CT molecular complexity index is 171. The summed E-state index contributed by atoms with van der Waals surface area (Å²) >= 11 is 2.86. The molecule has 0 bridgehead atoms. The Hall–Kier alpha value is -0.580. The summed E-state index contributed by atoms with van der Waals surface area (Å²) in [5.41, 5.74) is 0. The molecule has 0 aliphatic heterocycles. The molecule has 0 spiro atoms. The molecular formula is C3HBrFN3. The molecule has 1 aromatic heterocycles. The van der Waals surface area contributed by atoms with E-state index >= 15 is 0 Å². The normalized spacial score (nSPS) is 9.25. The monoisotopic (exact) mass is 177 g/mol. The van der Waals surface area contributed by atoms with Crippen LogP contribution in [0.3, 0.4) is 0 Å². The van der Waals surface area contributed by atoms with E-state index in [2.05, 4.69) is 31.3 Å². The highest BCUT2D eigenvalue weighted by atomic mass is 79.9. The van der Waals surface area contributed by atoms with Gasteiger partial charge in [0, 0.05) is 0 Å². The molecule has 42 valence electrons. The summed E-state index contributed by atoms with van der Waals surface area (Å²) in [6.45, 7) is 0. The molecule has 0 unspecified atom stereocenters. The first kappa shape index (κ1) is 5.55. The summed E-state index contributed by atoms with van der Waals surface area (Å²) in [5, 5.41) is 9.34. The molecule has 8 heavy (non-hydrogen) atoms. The summed E-state index contributed by atoms with van der Waals surface area (Å²) in [5.74, 6) is -0.639. The van der Waals surface area contributed by atoms with Crippen LogP contribution in [0, 0.1) is 5.95 Å². The minimum absolute atomic E-state index is 0.229. The smallest absolute Gasteiger partial charge is 0.182 e. The molecule has 1 rings (SSSR count). The SMILES string of the molecule is Fc1nnncc1Br. The fraction of sp³-hybridized carbons (Fsp3) is 0. The zero-order chi connectivity index (χ0) is 5.98. The van der Waals surface area contributed by atoms with E-state index in [0.29, 0.717) is 0 Å². The van der Waals surface area contributed by atoms with Crippen molar-refractivity contribution in [2.75, 3.05) is 0 Å². The molecule has 0 N–H and O–H groups in total. The highest BCUT2D eigenvalue weighted by Gasteiger charge is 1.95. The second-order valence-corrected chi connectivity index (χ2v) is 1.93. The van der Waals surface area contributed by atoms with Crippen LogP contribution in [0.25, 0.3) is 0 Å². The van der Waals surface area contributed by atoms with Gasteiger partial charge in [-0.1, -0.05) is 5.10 Å². The third-order valence-corrected chi connectivity index (χ3v) is 1.08. The molecule has 3 nitrogen and oxygen atoms in total. The van der Waals surface area contributed by atoms with Gasteiger partial charge in [-0.3, -0.25) is 0 Å². The number of aromatic nitrogens is 3. The molecular weight excluding hydrogens is 177 g/mol. The lowest BCUT2D eigenvalue weighted by Crippen LogP contribution is -1.89. The second-order valence-electron chi connectivity index (χ2n) is 1.07. The van der Waals surface area contributed by atoms with Crippen molar-refractivity contribution in [2.24, 2.45) is 0 Å². The Morgan fingerprint density at radius 2 is 2.38 bits per heavy atom. The van der Waals surface area contributed by atoms with Gasteiger partial charge < -0.3 is 0 Å². The zero-order valence-corrected chi connectivity index (χ0v) is 5.26. The van der Waals surface area contributed by atoms with Gasteiger partial charge in [-0.25, -0.2) is 0 Å². The van der Waals surface area contributed by atoms with Crippen LogP contribution in [0.4, 0.5) is 4.39 Å². The quantitative estimate of drug-likeness (QED) is 0.588. The van der Waals surface area contributed by atoms with Gasteiger partial charge in [0.2, 0.25) is 0 Å². The predicted octanol–water partition coefficient (Wildman–Crippen LogP) is 0.773. The molecule has 0 saturated carbocycles. The number of hydrogen-bond donors (Lipinski definition) is 0. The molecule has 0 fully saturated rings. The minimum atomic E-state index is -0.639. The first-order chi connectivity index (χ1) is 3.80. The van der Waals surface area contributed by atoms with E-state index in [1.807, 2.05) is 0 Å². The molecule has 0 aromatic carbocycles. The maximum Gasteiger partial charge on any atom is 0.250 e. The summed E-state index contributed by atoms with van der Waals surface area (Å²) < 4.78 is 12.3. The predicted molar refractivity (Wildman–Crippen MR) is 27.5 cm³/mol. The van der Waals surface area contributed by atoms with Crippen molar-refractivity contribution in [3.63, 3.8) is 0 Å². The Balaban J connectivity index is 3.13. The van der Waals surface area contributed by atoms with E-state index in [4.69, 9.17) is 0 Å². The third kappa shape index (κ3) is 0.975. The number of hydrogen-bond acceptors (Lipinski definition) is 3. The van der Waals surface area contributed by atoms with Crippen molar-refractivity contribution in [3.05, 3.63) is 16.6 Å². The van der Waals surface area contributed by atoms with Crippen molar-refractivity contribution < 1.29 is 4.39 Å². The Labute approximate surface area is 53.1 Å². The van der Waals surface area contributed by atoms with Gasteiger partial charge in [0.05, 0.1) is 10.7 Å². The van der Waals surface area contributed by atoms with Gasteiger partial charge in [-0.15, -0.1) is 5.10 Å². The maximum atomic E-state index is 12.1. The van der Waals surface area contributed by atoms with E-state index < -0.39 is 5.95 Å². The molecule has 0 radical (unpaired) electrons. The molecule has 0 atom stereocenters. The zero-order valence-electron chi connectivity index (χ0n) is 3.67. The van der Waals surface area contributed by atoms with Crippen molar-refractivity contribution in [1.82, 2.24) is 15.4 Å². The minimum Gasteiger partial charge on any atom is -0.182 e. The fourth-order valence-electron chi connectivity index (χ4n) is 0.243. The number of halogens is 2. The summed E-state index contributed by atoms with van der Waals surface area (Å²) in [4.78, 5) is 0. The maximum absolute atomic E-state index is 12.1. The molecule has 0 aliphatic carbocycles. The van der Waals surface area contributed by atoms with E-state index in [-0.39, 0.29) is 4.47 Å². The Kier molecular flexibility index (Phi) is 1.48. The third-order valence-electron chi connectivity index (χ3n) is 0.552. The van der Waals surface area contributed by atoms with E-state index in [9.17, 15) is 4.39 Å². The lowest BCUT2D eigenvalue weighted by Gasteiger charge is -1.83. The van der Waals surface area contributed by atoms with Gasteiger partial charge >= 0.3 is 0 Å². The van der Waals surface area contributed by atoms with Crippen LogP contribution in [-0.4, -0.2) is 15.4 Å². The summed E-state index contributed by atoms with van der Waals surface area (Å²) in [6, 6.07) is 0. The molecule has 5 heteroatoms. The summed E-state index contributed by atoms with van der Waals surface area (Å²) in [6.07, 6.45) is 1.24. The van der Waals surface area contributed by atoms with Crippen molar-refractivity contribution in [3.8, 4) is 0 Å². The topological polar surface area (TPSA) is 38.7 Å². The Morgan fingerprint density at radius 1 is 1.62 bits per heavy atom. The first-order valence-electron chi connectivity index (χ1n) is 1.80. The van der Waals surface area contributed by atoms with Crippen LogP contribution in [0.15, 0.2) is 10.7 Å². The standard InChI is InChI=1S/C3HBrFN3/c4-2-1-6-8-7-3(2)5/h1H. The highest BCUT2D eigenvalue weighted by Crippen LogP contribution is 2.07. The lowest BCUT2D eigenvalue weighted by molar-refractivity contribution is 0.541. The number of rotatable bonds is 0. The van der Waals surface area contributed by atoms with E-state index in [1.165, 1.54) is 6.20 Å². The largest absolute Gasteiger partial charge is 0.250 e. The van der Waals surface area contributed by atoms with Gasteiger partial charge in [-0.2, -0.15) is 4.39 Å². The fourth-order valence-corrected chi connectivity index (χ4v) is 0.413. The first-order valence-corrected chi connectivity index (χ1v) is 2.59. The Morgan fingerprint density at radius 3 is 2.75 bits per heavy atom. The molecule has 0 saturated heterocycles. The molecule has 1 aromatic rings. The average molecular weight is 178 g/mol. The lowest BCUT2D eigenvalue weighted by atomic mass is 10.7. The van der Waals surface area contributed by atoms with Gasteiger partial charge in [0.15, 0.2) is 0 Å². The summed E-state index contributed by atoms with van der Waals surface area (Å²) in [7, 11) is 0. The number of nitrogens with zero attached hydrogens (tertiary/aromatic N) is 3. The molecule has 0 aliphatic rings. The van der Waals surface area contributed by atoms with Crippen molar-refractivity contribution >= 4 is 15.9 Å². The molecule has 1 heterocycles. The van der Waals surface area contributed by atoms with Crippen LogP contribution in [0.5, 0.6) is 0 Å². The average Bonchev–Trinajstić information content (AvgIpc) is 1.77. The van der Waals surface area contributed by atoms with Crippen molar-refractivity contribution in [1.29, 1.82) is 0 Å². The van der Waals surface area contributed by atoms with Gasteiger partial charge in [-0.05, 0) is 21.1 Å². The van der Waals surface area contributed by atoms with Crippen LogP contribution in [-0.2, 0) is 0 Å². The van der Waals surface area contributed by atoms with Gasteiger partial charge in [0.1, 0.15) is 0 Å². The van der Waals surface area contributed by atoms with Crippen LogP contribution >= 0.6 is 15.9 Å². The van der Waals surface area contributed by atoms with Crippen LogP contribution in [0.1, 0.15) is 0 Å². The second kappa shape index (κ2) is 2.13. The van der Waals surface area contributed by atoms with Crippen molar-refractivity contribution in [2.45, 2.75) is 0 Å². The highest BCUT2D eigenvalue weighted by molar-refractivity contribution is 9.10. The molecule has 0 amide bonds. The van der Waals surface area contributed by atoms with Crippen LogP contribution in [0.2, 0.25) is 0 Å². The van der Waals surface area contributed by atoms with E-state index in [0.717, 1.165) is 0 Å². The van der Waals surface area contributed by atoms with Gasteiger partial charge in [0.25, 0.3) is 5.95 Å². The van der Waals surface area contributed by atoms with E-state index in [1.54, 1.807) is 0 Å².